The van der Waals surface area contributed by atoms with Crippen molar-refractivity contribution in [3.63, 3.8) is 0 Å². The molecule has 1 nitrogen and oxygen atoms in total. The molecular formula is C13H10FN. The summed E-state index contributed by atoms with van der Waals surface area (Å²) in [6, 6.07) is 19.8. The van der Waals surface area contributed by atoms with Gasteiger partial charge in [0.2, 0.25) is 0 Å². The summed E-state index contributed by atoms with van der Waals surface area (Å²) in [5.74, 6) is 0. The molecule has 0 aliphatic rings. The number of nitrogens with zero attached hydrogens (tertiary/aromatic N) is 1. The summed E-state index contributed by atoms with van der Waals surface area (Å²) in [5.41, 5.74) is 2.80. The number of hydrogen-bond acceptors (Lipinski definition) is 1. The van der Waals surface area contributed by atoms with Crippen molar-refractivity contribution in [1.82, 2.24) is 0 Å². The molecular weight excluding hydrogens is 189 g/mol. The molecule has 0 bridgehead atoms. The molecule has 0 spiro atoms. The highest BCUT2D eigenvalue weighted by Crippen LogP contribution is 2.22. The standard InChI is InChI=1S/C13H9N.FH/c14-10-12-8-4-5-9-13(12)11-6-2-1-3-7-11;/h1-9H;1H. The summed E-state index contributed by atoms with van der Waals surface area (Å²) in [7, 11) is 0. The fourth-order valence-corrected chi connectivity index (χ4v) is 1.45. The number of halogens is 1. The average molecular weight is 199 g/mol. The van der Waals surface area contributed by atoms with Crippen molar-refractivity contribution in [1.29, 1.82) is 5.26 Å². The molecule has 0 amide bonds. The van der Waals surface area contributed by atoms with Crippen molar-refractivity contribution in [2.24, 2.45) is 0 Å². The van der Waals surface area contributed by atoms with E-state index in [4.69, 9.17) is 5.26 Å². The quantitative estimate of drug-likeness (QED) is 0.690. The molecule has 2 aromatic carbocycles. The maximum Gasteiger partial charge on any atom is 0.0998 e. The molecule has 2 rings (SSSR count). The van der Waals surface area contributed by atoms with Gasteiger partial charge >= 0.3 is 0 Å². The first-order valence-electron chi connectivity index (χ1n) is 4.46. The lowest BCUT2D eigenvalue weighted by Gasteiger charge is -2.02. The molecule has 0 aliphatic heterocycles. The number of nitriles is 1. The normalized spacial score (nSPS) is 8.73. The van der Waals surface area contributed by atoms with Crippen LogP contribution in [0, 0.1) is 11.3 Å². The molecule has 0 atom stereocenters. The van der Waals surface area contributed by atoms with Crippen molar-refractivity contribution in [3.05, 3.63) is 60.2 Å². The molecule has 0 heterocycles. The van der Waals surface area contributed by atoms with Gasteiger partial charge in [-0.25, -0.2) is 0 Å². The van der Waals surface area contributed by atoms with Gasteiger partial charge in [0, 0.05) is 0 Å². The maximum absolute atomic E-state index is 8.93. The summed E-state index contributed by atoms with van der Waals surface area (Å²) in [6.45, 7) is 0. The lowest BCUT2D eigenvalue weighted by Crippen LogP contribution is -1.82. The van der Waals surface area contributed by atoms with Gasteiger partial charge in [0.1, 0.15) is 0 Å². The van der Waals surface area contributed by atoms with Crippen molar-refractivity contribution < 1.29 is 4.70 Å². The average Bonchev–Trinajstić information content (AvgIpc) is 2.30. The molecule has 2 heteroatoms. The predicted molar refractivity (Wildman–Crippen MR) is 59.1 cm³/mol. The first-order valence-corrected chi connectivity index (χ1v) is 4.46. The Hall–Kier alpha value is -2.14. The van der Waals surface area contributed by atoms with Gasteiger partial charge in [-0.2, -0.15) is 5.26 Å². The van der Waals surface area contributed by atoms with E-state index in [0.717, 1.165) is 16.7 Å². The lowest BCUT2D eigenvalue weighted by molar-refractivity contribution is 1.11. The molecule has 74 valence electrons. The number of hydrogen-bond donors (Lipinski definition) is 0. The minimum absolute atomic E-state index is 0. The second kappa shape index (κ2) is 4.92. The Balaban J connectivity index is 0.00000112. The first-order chi connectivity index (χ1) is 6.92. The third-order valence-corrected chi connectivity index (χ3v) is 2.13. The SMILES string of the molecule is F.N#Cc1ccccc1-c1ccccc1. The number of rotatable bonds is 1. The Bertz CT molecular complexity index is 471. The summed E-state index contributed by atoms with van der Waals surface area (Å²) in [5, 5.41) is 8.93. The minimum Gasteiger partial charge on any atom is -0.269 e. The van der Waals surface area contributed by atoms with E-state index in [0.29, 0.717) is 0 Å². The Morgan fingerprint density at radius 3 is 2.07 bits per heavy atom. The maximum atomic E-state index is 8.93. The predicted octanol–water partition coefficient (Wildman–Crippen LogP) is 3.38. The summed E-state index contributed by atoms with van der Waals surface area (Å²) >= 11 is 0. The highest BCUT2D eigenvalue weighted by molar-refractivity contribution is 5.70. The van der Waals surface area contributed by atoms with E-state index in [1.165, 1.54) is 0 Å². The van der Waals surface area contributed by atoms with Crippen LogP contribution in [0.4, 0.5) is 4.70 Å². The van der Waals surface area contributed by atoms with Crippen molar-refractivity contribution in [2.75, 3.05) is 0 Å². The van der Waals surface area contributed by atoms with E-state index < -0.39 is 0 Å². The van der Waals surface area contributed by atoms with Crippen LogP contribution in [-0.2, 0) is 0 Å². The van der Waals surface area contributed by atoms with Crippen LogP contribution in [0.5, 0.6) is 0 Å². The Kier molecular flexibility index (Phi) is 3.59. The van der Waals surface area contributed by atoms with Crippen LogP contribution in [0.1, 0.15) is 5.56 Å². The van der Waals surface area contributed by atoms with Crippen LogP contribution in [0.25, 0.3) is 11.1 Å². The van der Waals surface area contributed by atoms with E-state index in [-0.39, 0.29) is 4.70 Å². The lowest BCUT2D eigenvalue weighted by atomic mass is 10.0. The van der Waals surface area contributed by atoms with Gasteiger partial charge in [-0.05, 0) is 17.2 Å². The summed E-state index contributed by atoms with van der Waals surface area (Å²) < 4.78 is 0. The Morgan fingerprint density at radius 2 is 1.40 bits per heavy atom. The smallest absolute Gasteiger partial charge is 0.0998 e. The molecule has 2 aromatic rings. The molecule has 0 aliphatic carbocycles. The van der Waals surface area contributed by atoms with Crippen molar-refractivity contribution in [3.8, 4) is 17.2 Å². The van der Waals surface area contributed by atoms with Gasteiger partial charge in [0.15, 0.2) is 0 Å². The topological polar surface area (TPSA) is 23.8 Å². The van der Waals surface area contributed by atoms with Crippen molar-refractivity contribution in [2.45, 2.75) is 0 Å². The van der Waals surface area contributed by atoms with Crippen LogP contribution in [0.2, 0.25) is 0 Å². The largest absolute Gasteiger partial charge is 0.269 e. The highest BCUT2D eigenvalue weighted by atomic mass is 19.0. The molecule has 15 heavy (non-hydrogen) atoms. The Labute approximate surface area is 88.0 Å². The van der Waals surface area contributed by atoms with Crippen LogP contribution in [0.15, 0.2) is 54.6 Å². The second-order valence-corrected chi connectivity index (χ2v) is 3.02. The Morgan fingerprint density at radius 1 is 0.800 bits per heavy atom. The van der Waals surface area contributed by atoms with Gasteiger partial charge < -0.3 is 0 Å². The molecule has 0 saturated heterocycles. The van der Waals surface area contributed by atoms with E-state index in [1.807, 2.05) is 54.6 Å². The van der Waals surface area contributed by atoms with Gasteiger partial charge in [0.05, 0.1) is 11.6 Å². The zero-order chi connectivity index (χ0) is 9.80. The fraction of sp³-hybridized carbons (Fsp3) is 0. The third kappa shape index (κ3) is 2.21. The van der Waals surface area contributed by atoms with Gasteiger partial charge in [-0.1, -0.05) is 48.5 Å². The van der Waals surface area contributed by atoms with E-state index >= 15 is 0 Å². The van der Waals surface area contributed by atoms with Crippen LogP contribution in [-0.4, -0.2) is 0 Å². The number of benzene rings is 2. The highest BCUT2D eigenvalue weighted by Gasteiger charge is 2.01. The third-order valence-electron chi connectivity index (χ3n) is 2.13. The van der Waals surface area contributed by atoms with Crippen LogP contribution in [0.3, 0.4) is 0 Å². The molecule has 0 fully saturated rings. The second-order valence-electron chi connectivity index (χ2n) is 3.02. The zero-order valence-electron chi connectivity index (χ0n) is 8.05. The van der Waals surface area contributed by atoms with E-state index in [9.17, 15) is 0 Å². The zero-order valence-corrected chi connectivity index (χ0v) is 8.05. The van der Waals surface area contributed by atoms with Crippen LogP contribution >= 0.6 is 0 Å². The van der Waals surface area contributed by atoms with Gasteiger partial charge in [-0.15, -0.1) is 0 Å². The summed E-state index contributed by atoms with van der Waals surface area (Å²) in [4.78, 5) is 0. The summed E-state index contributed by atoms with van der Waals surface area (Å²) in [6.07, 6.45) is 0. The van der Waals surface area contributed by atoms with Gasteiger partial charge in [0.25, 0.3) is 0 Å². The minimum atomic E-state index is 0. The molecule has 0 saturated carbocycles. The fourth-order valence-electron chi connectivity index (χ4n) is 1.45. The molecule has 0 N–H and O–H groups in total. The molecule has 0 unspecified atom stereocenters. The van der Waals surface area contributed by atoms with Crippen LogP contribution < -0.4 is 0 Å². The van der Waals surface area contributed by atoms with Gasteiger partial charge in [-0.3, -0.25) is 4.70 Å². The first kappa shape index (κ1) is 10.9. The van der Waals surface area contributed by atoms with Crippen molar-refractivity contribution >= 4 is 0 Å². The molecule has 0 radical (unpaired) electrons. The molecule has 0 aromatic heterocycles. The van der Waals surface area contributed by atoms with E-state index in [2.05, 4.69) is 6.07 Å². The van der Waals surface area contributed by atoms with E-state index in [1.54, 1.807) is 0 Å². The monoisotopic (exact) mass is 199 g/mol.